The number of rotatable bonds is 3. The van der Waals surface area contributed by atoms with Crippen molar-refractivity contribution in [2.24, 2.45) is 0 Å². The molecular weight excluding hydrogens is 270 g/mol. The molecule has 0 aliphatic carbocycles. The second kappa shape index (κ2) is 4.67. The van der Waals surface area contributed by atoms with Gasteiger partial charge in [-0.25, -0.2) is 4.68 Å². The molecular formula is C11H12BrN3O. The van der Waals surface area contributed by atoms with Gasteiger partial charge in [0.15, 0.2) is 0 Å². The first-order valence-electron chi connectivity index (χ1n) is 4.91. The zero-order valence-corrected chi connectivity index (χ0v) is 10.2. The lowest BCUT2D eigenvalue weighted by molar-refractivity contribution is 0.270. The maximum absolute atomic E-state index is 8.84. The lowest BCUT2D eigenvalue weighted by Crippen LogP contribution is -2.07. The summed E-state index contributed by atoms with van der Waals surface area (Å²) in [4.78, 5) is 0. The van der Waals surface area contributed by atoms with E-state index in [4.69, 9.17) is 10.8 Å². The molecule has 0 saturated heterocycles. The number of aliphatic hydroxyl groups excluding tert-OH is 1. The molecule has 2 rings (SSSR count). The molecule has 0 aliphatic heterocycles. The number of halogens is 1. The number of hydrogen-bond acceptors (Lipinski definition) is 3. The van der Waals surface area contributed by atoms with Crippen LogP contribution in [0.15, 0.2) is 34.8 Å². The van der Waals surface area contributed by atoms with Crippen LogP contribution in [0.5, 0.6) is 0 Å². The molecule has 5 heteroatoms. The molecule has 0 aliphatic rings. The summed E-state index contributed by atoms with van der Waals surface area (Å²) in [6.07, 6.45) is 0. The summed E-state index contributed by atoms with van der Waals surface area (Å²) < 4.78 is 2.59. The summed E-state index contributed by atoms with van der Waals surface area (Å²) in [6.45, 7) is 0.448. The lowest BCUT2D eigenvalue weighted by Gasteiger charge is -1.99. The smallest absolute Gasteiger partial charge is 0.122 e. The van der Waals surface area contributed by atoms with Crippen LogP contribution in [0, 0.1) is 0 Å². The number of nitrogen functional groups attached to an aromatic ring is 1. The van der Waals surface area contributed by atoms with Crippen LogP contribution in [0.1, 0.15) is 0 Å². The summed E-state index contributed by atoms with van der Waals surface area (Å²) in [6, 6.07) is 9.65. The van der Waals surface area contributed by atoms with Crippen molar-refractivity contribution in [2.45, 2.75) is 6.54 Å². The monoisotopic (exact) mass is 281 g/mol. The van der Waals surface area contributed by atoms with Crippen molar-refractivity contribution < 1.29 is 5.11 Å². The van der Waals surface area contributed by atoms with Gasteiger partial charge in [-0.05, 0) is 12.1 Å². The van der Waals surface area contributed by atoms with Gasteiger partial charge < -0.3 is 10.8 Å². The van der Waals surface area contributed by atoms with Crippen LogP contribution in [0.4, 0.5) is 5.82 Å². The van der Waals surface area contributed by atoms with E-state index in [2.05, 4.69) is 21.0 Å². The summed E-state index contributed by atoms with van der Waals surface area (Å²) in [5, 5.41) is 13.2. The maximum Gasteiger partial charge on any atom is 0.122 e. The van der Waals surface area contributed by atoms with Gasteiger partial charge in [0.2, 0.25) is 0 Å². The zero-order valence-electron chi connectivity index (χ0n) is 8.60. The van der Waals surface area contributed by atoms with Gasteiger partial charge in [0.25, 0.3) is 0 Å². The molecule has 0 radical (unpaired) electrons. The molecule has 0 atom stereocenters. The number of nitrogens with zero attached hydrogens (tertiary/aromatic N) is 2. The van der Waals surface area contributed by atoms with Gasteiger partial charge in [-0.15, -0.1) is 0 Å². The fourth-order valence-corrected chi connectivity index (χ4v) is 1.89. The highest BCUT2D eigenvalue weighted by Gasteiger charge is 2.06. The van der Waals surface area contributed by atoms with Crippen molar-refractivity contribution >= 4 is 21.7 Å². The van der Waals surface area contributed by atoms with Crippen molar-refractivity contribution in [1.82, 2.24) is 9.78 Å². The van der Waals surface area contributed by atoms with Gasteiger partial charge in [-0.1, -0.05) is 28.1 Å². The highest BCUT2D eigenvalue weighted by molar-refractivity contribution is 9.10. The molecule has 16 heavy (non-hydrogen) atoms. The van der Waals surface area contributed by atoms with Crippen LogP contribution in [-0.2, 0) is 6.54 Å². The van der Waals surface area contributed by atoms with E-state index in [1.54, 1.807) is 10.7 Å². The Kier molecular flexibility index (Phi) is 3.26. The zero-order chi connectivity index (χ0) is 11.5. The molecule has 1 aromatic heterocycles. The van der Waals surface area contributed by atoms with E-state index in [1.807, 2.05) is 24.3 Å². The number of aliphatic hydroxyl groups is 1. The average molecular weight is 282 g/mol. The van der Waals surface area contributed by atoms with E-state index in [-0.39, 0.29) is 6.61 Å². The van der Waals surface area contributed by atoms with Crippen molar-refractivity contribution in [3.63, 3.8) is 0 Å². The molecule has 1 aromatic carbocycles. The average Bonchev–Trinajstić information content (AvgIpc) is 2.61. The molecule has 3 N–H and O–H groups in total. The van der Waals surface area contributed by atoms with E-state index in [9.17, 15) is 0 Å². The van der Waals surface area contributed by atoms with Crippen LogP contribution in [-0.4, -0.2) is 21.5 Å². The standard InChI is InChI=1S/C11H12BrN3O/c12-9-3-1-2-8(6-9)10-7-11(13)15(14-10)4-5-16/h1-3,6-7,16H,4-5,13H2. The van der Waals surface area contributed by atoms with Crippen molar-refractivity contribution in [2.75, 3.05) is 12.3 Å². The predicted octanol–water partition coefficient (Wildman–Crippen LogP) is 1.89. The Bertz CT molecular complexity index is 496. The first-order chi connectivity index (χ1) is 7.70. The second-order valence-electron chi connectivity index (χ2n) is 3.41. The normalized spacial score (nSPS) is 10.6. The van der Waals surface area contributed by atoms with Crippen molar-refractivity contribution in [1.29, 1.82) is 0 Å². The van der Waals surface area contributed by atoms with E-state index < -0.39 is 0 Å². The third-order valence-electron chi connectivity index (χ3n) is 2.24. The molecule has 0 amide bonds. The van der Waals surface area contributed by atoms with Gasteiger partial charge >= 0.3 is 0 Å². The maximum atomic E-state index is 8.84. The molecule has 1 heterocycles. The number of nitrogens with two attached hydrogens (primary N) is 1. The van der Waals surface area contributed by atoms with Crippen molar-refractivity contribution in [3.8, 4) is 11.3 Å². The quantitative estimate of drug-likeness (QED) is 0.903. The highest BCUT2D eigenvalue weighted by atomic mass is 79.9. The Balaban J connectivity index is 2.37. The number of anilines is 1. The van der Waals surface area contributed by atoms with Crippen LogP contribution >= 0.6 is 15.9 Å². The molecule has 0 bridgehead atoms. The Morgan fingerprint density at radius 3 is 2.88 bits per heavy atom. The molecule has 84 valence electrons. The van der Waals surface area contributed by atoms with Crippen molar-refractivity contribution in [3.05, 3.63) is 34.8 Å². The van der Waals surface area contributed by atoms with E-state index >= 15 is 0 Å². The summed E-state index contributed by atoms with van der Waals surface area (Å²) >= 11 is 3.41. The van der Waals surface area contributed by atoms with E-state index in [1.165, 1.54) is 0 Å². The fourth-order valence-electron chi connectivity index (χ4n) is 1.49. The van der Waals surface area contributed by atoms with Gasteiger partial charge in [-0.3, -0.25) is 0 Å². The van der Waals surface area contributed by atoms with Crippen LogP contribution in [0.2, 0.25) is 0 Å². The Morgan fingerprint density at radius 1 is 1.38 bits per heavy atom. The summed E-state index contributed by atoms with van der Waals surface area (Å²) in [7, 11) is 0. The molecule has 4 nitrogen and oxygen atoms in total. The minimum atomic E-state index is 0.0316. The molecule has 2 aromatic rings. The first-order valence-corrected chi connectivity index (χ1v) is 5.70. The minimum absolute atomic E-state index is 0.0316. The molecule has 0 unspecified atom stereocenters. The third-order valence-corrected chi connectivity index (χ3v) is 2.74. The minimum Gasteiger partial charge on any atom is -0.394 e. The van der Waals surface area contributed by atoms with E-state index in [0.29, 0.717) is 12.4 Å². The number of hydrogen-bond donors (Lipinski definition) is 2. The third kappa shape index (κ3) is 2.25. The van der Waals surface area contributed by atoms with Crippen LogP contribution in [0.25, 0.3) is 11.3 Å². The fraction of sp³-hybridized carbons (Fsp3) is 0.182. The number of aromatic nitrogens is 2. The van der Waals surface area contributed by atoms with Crippen LogP contribution < -0.4 is 5.73 Å². The van der Waals surface area contributed by atoms with Gasteiger partial charge in [0.1, 0.15) is 5.82 Å². The Labute approximate surface area is 102 Å². The number of benzene rings is 1. The molecule has 0 fully saturated rings. The first kappa shape index (κ1) is 11.2. The summed E-state index contributed by atoms with van der Waals surface area (Å²) in [5.74, 6) is 0.559. The largest absolute Gasteiger partial charge is 0.394 e. The van der Waals surface area contributed by atoms with E-state index in [0.717, 1.165) is 15.7 Å². The molecule has 0 saturated carbocycles. The molecule has 0 spiro atoms. The van der Waals surface area contributed by atoms with Crippen LogP contribution in [0.3, 0.4) is 0 Å². The predicted molar refractivity (Wildman–Crippen MR) is 66.9 cm³/mol. The Morgan fingerprint density at radius 2 is 2.19 bits per heavy atom. The van der Waals surface area contributed by atoms with Gasteiger partial charge in [0.05, 0.1) is 18.8 Å². The SMILES string of the molecule is Nc1cc(-c2cccc(Br)c2)nn1CCO. The highest BCUT2D eigenvalue weighted by Crippen LogP contribution is 2.23. The topological polar surface area (TPSA) is 64.1 Å². The van der Waals surface area contributed by atoms with Gasteiger partial charge in [0, 0.05) is 16.1 Å². The van der Waals surface area contributed by atoms with Gasteiger partial charge in [-0.2, -0.15) is 5.10 Å². The lowest BCUT2D eigenvalue weighted by atomic mass is 10.2. The summed E-state index contributed by atoms with van der Waals surface area (Å²) in [5.41, 5.74) is 7.59. The second-order valence-corrected chi connectivity index (χ2v) is 4.33. The Hall–Kier alpha value is -1.33.